The van der Waals surface area contributed by atoms with Gasteiger partial charge in [-0.1, -0.05) is 47.3 Å². The van der Waals surface area contributed by atoms with Crippen molar-refractivity contribution in [3.8, 4) is 11.4 Å². The summed E-state index contributed by atoms with van der Waals surface area (Å²) in [6, 6.07) is 12.3. The van der Waals surface area contributed by atoms with E-state index in [1.165, 1.54) is 5.56 Å². The first-order valence-electron chi connectivity index (χ1n) is 7.71. The topological polar surface area (TPSA) is 69.6 Å². The molecule has 0 aliphatic carbocycles. The van der Waals surface area contributed by atoms with Gasteiger partial charge in [0.15, 0.2) is 5.16 Å². The van der Waals surface area contributed by atoms with Crippen molar-refractivity contribution in [2.45, 2.75) is 24.4 Å². The zero-order valence-corrected chi connectivity index (χ0v) is 15.1. The van der Waals surface area contributed by atoms with Crippen molar-refractivity contribution < 1.29 is 4.52 Å². The van der Waals surface area contributed by atoms with Crippen molar-refractivity contribution in [2.24, 2.45) is 0 Å². The van der Waals surface area contributed by atoms with E-state index in [1.807, 2.05) is 41.9 Å². The van der Waals surface area contributed by atoms with Gasteiger partial charge in [-0.3, -0.25) is 0 Å². The minimum Gasteiger partial charge on any atom is -0.338 e. The molecule has 4 rings (SSSR count). The summed E-state index contributed by atoms with van der Waals surface area (Å²) >= 11 is 3.16. The molecule has 0 bridgehead atoms. The highest BCUT2D eigenvalue weighted by atomic mass is 32.2. The first-order chi connectivity index (χ1) is 12.3. The van der Waals surface area contributed by atoms with Crippen molar-refractivity contribution in [3.63, 3.8) is 0 Å². The van der Waals surface area contributed by atoms with E-state index in [4.69, 9.17) is 4.52 Å². The van der Waals surface area contributed by atoms with Crippen LogP contribution in [0.5, 0.6) is 0 Å². The average Bonchev–Trinajstić information content (AvgIpc) is 3.37. The monoisotopic (exact) mass is 369 g/mol. The van der Waals surface area contributed by atoms with Gasteiger partial charge in [-0.05, 0) is 23.9 Å². The van der Waals surface area contributed by atoms with Crippen LogP contribution in [-0.2, 0) is 12.3 Å². The number of aromatic nitrogens is 5. The van der Waals surface area contributed by atoms with Gasteiger partial charge in [-0.2, -0.15) is 16.3 Å². The molecule has 1 aromatic carbocycles. The summed E-state index contributed by atoms with van der Waals surface area (Å²) in [6.45, 7) is 2.70. The van der Waals surface area contributed by atoms with Crippen LogP contribution in [0.25, 0.3) is 11.4 Å². The Labute approximate surface area is 152 Å². The molecule has 8 heteroatoms. The Morgan fingerprint density at radius 1 is 1.16 bits per heavy atom. The zero-order chi connectivity index (χ0) is 17.1. The van der Waals surface area contributed by atoms with Crippen LogP contribution >= 0.6 is 23.1 Å². The molecule has 0 spiro atoms. The predicted molar refractivity (Wildman–Crippen MR) is 97.5 cm³/mol. The molecule has 0 N–H and O–H groups in total. The second kappa shape index (κ2) is 7.20. The Morgan fingerprint density at radius 3 is 2.84 bits per heavy atom. The van der Waals surface area contributed by atoms with Gasteiger partial charge in [0.25, 0.3) is 0 Å². The van der Waals surface area contributed by atoms with Gasteiger partial charge in [-0.25, -0.2) is 0 Å². The van der Waals surface area contributed by atoms with Crippen molar-refractivity contribution in [2.75, 3.05) is 0 Å². The van der Waals surface area contributed by atoms with Crippen LogP contribution in [0.3, 0.4) is 0 Å². The molecule has 0 saturated carbocycles. The highest BCUT2D eigenvalue weighted by Crippen LogP contribution is 2.24. The summed E-state index contributed by atoms with van der Waals surface area (Å²) in [5, 5.41) is 17.3. The van der Waals surface area contributed by atoms with Gasteiger partial charge in [0.05, 0.1) is 12.3 Å². The molecule has 4 aromatic rings. The number of aryl methyl sites for hydroxylation is 1. The Morgan fingerprint density at radius 2 is 2.04 bits per heavy atom. The molecule has 126 valence electrons. The average molecular weight is 369 g/mol. The lowest BCUT2D eigenvalue weighted by Crippen LogP contribution is -2.03. The fraction of sp³-hybridized carbons (Fsp3) is 0.176. The van der Waals surface area contributed by atoms with Crippen LogP contribution in [0.2, 0.25) is 0 Å². The molecule has 0 aliphatic heterocycles. The quantitative estimate of drug-likeness (QED) is 0.478. The van der Waals surface area contributed by atoms with Crippen molar-refractivity contribution >= 4 is 23.1 Å². The lowest BCUT2D eigenvalue weighted by atomic mass is 10.2. The maximum Gasteiger partial charge on any atom is 0.237 e. The van der Waals surface area contributed by atoms with E-state index in [0.29, 0.717) is 17.5 Å². The molecule has 0 aliphatic rings. The van der Waals surface area contributed by atoms with Crippen LogP contribution in [0.4, 0.5) is 0 Å². The highest BCUT2D eigenvalue weighted by molar-refractivity contribution is 7.98. The zero-order valence-electron chi connectivity index (χ0n) is 13.5. The SMILES string of the molecule is Cc1nnc(SCc2nc(-c3ccsc3)no2)n1Cc1ccccc1. The first kappa shape index (κ1) is 16.0. The van der Waals surface area contributed by atoms with E-state index >= 15 is 0 Å². The lowest BCUT2D eigenvalue weighted by Gasteiger charge is -2.07. The highest BCUT2D eigenvalue weighted by Gasteiger charge is 2.14. The molecule has 0 fully saturated rings. The summed E-state index contributed by atoms with van der Waals surface area (Å²) in [5.41, 5.74) is 2.19. The number of nitrogens with zero attached hydrogens (tertiary/aromatic N) is 5. The second-order valence-corrected chi connectivity index (χ2v) is 7.14. The molecule has 3 heterocycles. The molecular weight excluding hydrogens is 354 g/mol. The number of rotatable bonds is 6. The third-order valence-corrected chi connectivity index (χ3v) is 5.29. The van der Waals surface area contributed by atoms with Crippen LogP contribution in [0.1, 0.15) is 17.3 Å². The Kier molecular flexibility index (Phi) is 4.62. The number of hydrogen-bond donors (Lipinski definition) is 0. The van der Waals surface area contributed by atoms with E-state index in [9.17, 15) is 0 Å². The molecule has 0 unspecified atom stereocenters. The van der Waals surface area contributed by atoms with Crippen molar-refractivity contribution in [1.82, 2.24) is 24.9 Å². The van der Waals surface area contributed by atoms with Gasteiger partial charge in [0.2, 0.25) is 11.7 Å². The second-order valence-electron chi connectivity index (χ2n) is 5.41. The molecular formula is C17H15N5OS2. The summed E-state index contributed by atoms with van der Waals surface area (Å²) in [6.07, 6.45) is 0. The van der Waals surface area contributed by atoms with Crippen LogP contribution < -0.4 is 0 Å². The predicted octanol–water partition coefficient (Wildman–Crippen LogP) is 4.04. The molecule has 0 amide bonds. The number of thioether (sulfide) groups is 1. The lowest BCUT2D eigenvalue weighted by molar-refractivity contribution is 0.391. The van der Waals surface area contributed by atoms with Crippen LogP contribution in [0.15, 0.2) is 56.8 Å². The number of thiophene rings is 1. The van der Waals surface area contributed by atoms with E-state index in [2.05, 4.69) is 37.0 Å². The van der Waals surface area contributed by atoms with E-state index < -0.39 is 0 Å². The van der Waals surface area contributed by atoms with Crippen molar-refractivity contribution in [3.05, 3.63) is 64.4 Å². The minimum atomic E-state index is 0.560. The maximum atomic E-state index is 5.34. The fourth-order valence-corrected chi connectivity index (χ4v) is 3.82. The van der Waals surface area contributed by atoms with E-state index in [0.717, 1.165) is 23.1 Å². The standard InChI is InChI=1S/C17H15N5OS2/c1-12-19-20-17(22(12)9-13-5-3-2-4-6-13)25-11-15-18-16(21-23-15)14-7-8-24-10-14/h2-8,10H,9,11H2,1H3. The van der Waals surface area contributed by atoms with Gasteiger partial charge < -0.3 is 9.09 Å². The maximum absolute atomic E-state index is 5.34. The fourth-order valence-electron chi connectivity index (χ4n) is 2.37. The first-order valence-corrected chi connectivity index (χ1v) is 9.64. The largest absolute Gasteiger partial charge is 0.338 e. The summed E-state index contributed by atoms with van der Waals surface area (Å²) < 4.78 is 7.43. The van der Waals surface area contributed by atoms with Crippen molar-refractivity contribution in [1.29, 1.82) is 0 Å². The van der Waals surface area contributed by atoms with Gasteiger partial charge >= 0.3 is 0 Å². The molecule has 0 radical (unpaired) electrons. The van der Waals surface area contributed by atoms with Gasteiger partial charge in [-0.15, -0.1) is 10.2 Å². The third kappa shape index (κ3) is 3.64. The number of benzene rings is 1. The molecule has 6 nitrogen and oxygen atoms in total. The summed E-state index contributed by atoms with van der Waals surface area (Å²) in [7, 11) is 0. The van der Waals surface area contributed by atoms with Gasteiger partial charge in [0.1, 0.15) is 5.82 Å². The third-order valence-electron chi connectivity index (χ3n) is 3.66. The van der Waals surface area contributed by atoms with Crippen LogP contribution in [0, 0.1) is 6.92 Å². The Hall–Kier alpha value is -2.45. The summed E-state index contributed by atoms with van der Waals surface area (Å²) in [4.78, 5) is 4.44. The van der Waals surface area contributed by atoms with E-state index in [1.54, 1.807) is 23.1 Å². The normalized spacial score (nSPS) is 11.1. The number of hydrogen-bond acceptors (Lipinski definition) is 7. The molecule has 25 heavy (non-hydrogen) atoms. The van der Waals surface area contributed by atoms with E-state index in [-0.39, 0.29) is 0 Å². The van der Waals surface area contributed by atoms with Crippen LogP contribution in [-0.4, -0.2) is 24.9 Å². The summed E-state index contributed by atoms with van der Waals surface area (Å²) in [5.74, 6) is 2.65. The Balaban J connectivity index is 1.47. The minimum absolute atomic E-state index is 0.560. The van der Waals surface area contributed by atoms with Gasteiger partial charge in [0, 0.05) is 10.9 Å². The smallest absolute Gasteiger partial charge is 0.237 e. The molecule has 0 atom stereocenters. The Bertz CT molecular complexity index is 947. The molecule has 0 saturated heterocycles. The molecule has 3 aromatic heterocycles.